The number of hydrogen-bond acceptors (Lipinski definition) is 4. The Hall–Kier alpha value is -4.56. The van der Waals surface area contributed by atoms with Gasteiger partial charge in [-0.2, -0.15) is 0 Å². The number of amides is 2. The number of nitrogens with zero attached hydrogens (tertiary/aromatic N) is 2. The van der Waals surface area contributed by atoms with E-state index in [-0.39, 0.29) is 5.69 Å². The van der Waals surface area contributed by atoms with Crippen LogP contribution in [0.2, 0.25) is 0 Å². The first kappa shape index (κ1) is 29.4. The van der Waals surface area contributed by atoms with Crippen molar-refractivity contribution in [2.75, 3.05) is 25.5 Å². The maximum atomic E-state index is 14.3. The Morgan fingerprint density at radius 1 is 0.878 bits per heavy atom. The predicted octanol–water partition coefficient (Wildman–Crippen LogP) is 5.26. The van der Waals surface area contributed by atoms with Gasteiger partial charge in [-0.1, -0.05) is 60.7 Å². The highest BCUT2D eigenvalue weighted by atomic mass is 19.1. The first-order chi connectivity index (χ1) is 19.8. The van der Waals surface area contributed by atoms with Gasteiger partial charge in [-0.05, 0) is 86.3 Å². The van der Waals surface area contributed by atoms with Gasteiger partial charge in [0.2, 0.25) is 5.91 Å². The van der Waals surface area contributed by atoms with Crippen molar-refractivity contribution in [3.05, 3.63) is 124 Å². The van der Waals surface area contributed by atoms with Crippen LogP contribution in [0.15, 0.2) is 95.8 Å². The number of carbonyl (C=O) groups is 2. The minimum Gasteiger partial charge on any atom is -0.323 e. The van der Waals surface area contributed by atoms with E-state index in [0.29, 0.717) is 42.8 Å². The smallest absolute Gasteiger partial charge is 0.323 e. The van der Waals surface area contributed by atoms with Crippen molar-refractivity contribution < 1.29 is 14.0 Å². The third-order valence-electron chi connectivity index (χ3n) is 7.11. The number of rotatable bonds is 10. The molecule has 7 nitrogen and oxygen atoms in total. The molecule has 0 radical (unpaired) electrons. The highest BCUT2D eigenvalue weighted by molar-refractivity contribution is 5.96. The Kier molecular flexibility index (Phi) is 9.81. The Morgan fingerprint density at radius 2 is 1.41 bits per heavy atom. The lowest BCUT2D eigenvalue weighted by Gasteiger charge is -2.26. The second kappa shape index (κ2) is 13.7. The summed E-state index contributed by atoms with van der Waals surface area (Å²) in [5.74, 6) is -0.825. The number of benzene rings is 3. The summed E-state index contributed by atoms with van der Waals surface area (Å²) in [6.45, 7) is 4.12. The molecule has 0 aliphatic carbocycles. The van der Waals surface area contributed by atoms with Gasteiger partial charge >= 0.3 is 6.03 Å². The highest BCUT2D eigenvalue weighted by Crippen LogP contribution is 2.24. The van der Waals surface area contributed by atoms with Gasteiger partial charge in [0.15, 0.2) is 0 Å². The van der Waals surface area contributed by atoms with Gasteiger partial charge in [-0.15, -0.1) is 0 Å². The second-order valence-corrected chi connectivity index (χ2v) is 9.98. The van der Waals surface area contributed by atoms with Gasteiger partial charge in [0.25, 0.3) is 5.56 Å². The zero-order valence-electron chi connectivity index (χ0n) is 23.6. The average Bonchev–Trinajstić information content (AvgIpc) is 2.99. The maximum absolute atomic E-state index is 14.3. The maximum Gasteiger partial charge on any atom is 0.331 e. The molecule has 1 atom stereocenters. The SMILES string of the molecule is CN[C@@H](C)C(=O)Nc1c(C)cc(-c2ccc(F)cc2)n(C(=O)N(CCc2ccccc2)CCc2ccccc2)c1=O. The standard InChI is InChI=1S/C33H35FN4O3/c1-23-22-29(27-14-16-28(34)17-15-27)38(32(40)30(23)36-31(39)24(2)35-3)33(41)37(20-18-25-10-6-4-7-11-25)21-19-26-12-8-5-9-13-26/h4-17,22,24,35H,18-21H2,1-3H3,(H,36,39)/t24-/m0/s1. The number of likely N-dealkylation sites (N-methyl/N-ethyl adjacent to an activating group) is 1. The van der Waals surface area contributed by atoms with E-state index in [4.69, 9.17) is 0 Å². The van der Waals surface area contributed by atoms with Crippen molar-refractivity contribution in [3.63, 3.8) is 0 Å². The van der Waals surface area contributed by atoms with Gasteiger partial charge in [-0.3, -0.25) is 9.59 Å². The van der Waals surface area contributed by atoms with E-state index in [0.717, 1.165) is 15.7 Å². The molecule has 0 saturated carbocycles. The van der Waals surface area contributed by atoms with Crippen LogP contribution >= 0.6 is 0 Å². The first-order valence-corrected chi connectivity index (χ1v) is 13.7. The Balaban J connectivity index is 1.78. The van der Waals surface area contributed by atoms with E-state index in [1.165, 1.54) is 24.3 Å². The number of pyridine rings is 1. The molecule has 4 aromatic rings. The number of nitrogens with one attached hydrogen (secondary N) is 2. The molecular formula is C33H35FN4O3. The molecule has 2 N–H and O–H groups in total. The van der Waals surface area contributed by atoms with E-state index in [1.807, 2.05) is 60.7 Å². The molecule has 1 aromatic heterocycles. The van der Waals surface area contributed by atoms with Gasteiger partial charge in [0, 0.05) is 13.1 Å². The van der Waals surface area contributed by atoms with Gasteiger partial charge in [0.05, 0.1) is 11.7 Å². The summed E-state index contributed by atoms with van der Waals surface area (Å²) in [6, 6.07) is 25.9. The number of carbonyl (C=O) groups excluding carboxylic acids is 2. The van der Waals surface area contributed by atoms with Crippen molar-refractivity contribution in [1.29, 1.82) is 0 Å². The molecule has 0 bridgehead atoms. The Labute approximate surface area is 239 Å². The number of aromatic nitrogens is 1. The van der Waals surface area contributed by atoms with Crippen LogP contribution in [0.1, 0.15) is 23.6 Å². The number of anilines is 1. The molecule has 2 amide bonds. The highest BCUT2D eigenvalue weighted by Gasteiger charge is 2.25. The third-order valence-corrected chi connectivity index (χ3v) is 7.11. The molecular weight excluding hydrogens is 519 g/mol. The van der Waals surface area contributed by atoms with Gasteiger partial charge in [-0.25, -0.2) is 13.8 Å². The van der Waals surface area contributed by atoms with E-state index in [9.17, 15) is 18.8 Å². The fourth-order valence-corrected chi connectivity index (χ4v) is 4.53. The molecule has 4 rings (SSSR count). The summed E-state index contributed by atoms with van der Waals surface area (Å²) in [5, 5.41) is 5.56. The van der Waals surface area contributed by atoms with E-state index in [2.05, 4.69) is 10.6 Å². The van der Waals surface area contributed by atoms with Crippen LogP contribution in [-0.2, 0) is 17.6 Å². The lowest BCUT2D eigenvalue weighted by Crippen LogP contribution is -2.44. The van der Waals surface area contributed by atoms with E-state index < -0.39 is 29.4 Å². The minimum absolute atomic E-state index is 0.0300. The van der Waals surface area contributed by atoms with Gasteiger partial charge in [0.1, 0.15) is 11.5 Å². The topological polar surface area (TPSA) is 83.4 Å². The zero-order valence-corrected chi connectivity index (χ0v) is 23.6. The molecule has 0 aliphatic heterocycles. The van der Waals surface area contributed by atoms with Crippen LogP contribution in [0.3, 0.4) is 0 Å². The molecule has 8 heteroatoms. The summed E-state index contributed by atoms with van der Waals surface area (Å²) in [6.07, 6.45) is 1.19. The fraction of sp³-hybridized carbons (Fsp3) is 0.242. The van der Waals surface area contributed by atoms with Crippen LogP contribution in [0.25, 0.3) is 11.3 Å². The fourth-order valence-electron chi connectivity index (χ4n) is 4.53. The van der Waals surface area contributed by atoms with Crippen molar-refractivity contribution in [1.82, 2.24) is 14.8 Å². The largest absolute Gasteiger partial charge is 0.331 e. The van der Waals surface area contributed by atoms with E-state index >= 15 is 0 Å². The van der Waals surface area contributed by atoms with Crippen LogP contribution in [0.5, 0.6) is 0 Å². The zero-order chi connectivity index (χ0) is 29.4. The number of hydrogen-bond donors (Lipinski definition) is 2. The lowest BCUT2D eigenvalue weighted by atomic mass is 10.1. The van der Waals surface area contributed by atoms with Crippen LogP contribution in [-0.4, -0.2) is 47.6 Å². The summed E-state index contributed by atoms with van der Waals surface area (Å²) >= 11 is 0. The molecule has 3 aromatic carbocycles. The minimum atomic E-state index is -0.643. The number of aryl methyl sites for hydroxylation is 1. The molecule has 212 valence electrons. The molecule has 1 heterocycles. The molecule has 0 unspecified atom stereocenters. The lowest BCUT2D eigenvalue weighted by molar-refractivity contribution is -0.117. The third kappa shape index (κ3) is 7.35. The van der Waals surface area contributed by atoms with Crippen molar-refractivity contribution in [2.24, 2.45) is 0 Å². The van der Waals surface area contributed by atoms with Crippen LogP contribution in [0.4, 0.5) is 14.9 Å². The van der Waals surface area contributed by atoms with Crippen molar-refractivity contribution in [2.45, 2.75) is 32.7 Å². The Morgan fingerprint density at radius 3 is 1.93 bits per heavy atom. The summed E-state index contributed by atoms with van der Waals surface area (Å²) in [5.41, 5.74) is 2.84. The molecule has 0 saturated heterocycles. The van der Waals surface area contributed by atoms with Crippen molar-refractivity contribution >= 4 is 17.6 Å². The predicted molar refractivity (Wildman–Crippen MR) is 161 cm³/mol. The molecule has 0 fully saturated rings. The van der Waals surface area contributed by atoms with Crippen LogP contribution < -0.4 is 16.2 Å². The summed E-state index contributed by atoms with van der Waals surface area (Å²) in [4.78, 5) is 42.7. The normalized spacial score (nSPS) is 11.6. The van der Waals surface area contributed by atoms with Crippen molar-refractivity contribution in [3.8, 4) is 11.3 Å². The molecule has 41 heavy (non-hydrogen) atoms. The van der Waals surface area contributed by atoms with E-state index in [1.54, 1.807) is 31.9 Å². The number of halogens is 1. The molecule has 0 aliphatic rings. The molecule has 0 spiro atoms. The average molecular weight is 555 g/mol. The van der Waals surface area contributed by atoms with Crippen LogP contribution in [0, 0.1) is 12.7 Å². The summed E-state index contributed by atoms with van der Waals surface area (Å²) in [7, 11) is 1.65. The quantitative estimate of drug-likeness (QED) is 0.280. The van der Waals surface area contributed by atoms with Gasteiger partial charge < -0.3 is 15.5 Å². The summed E-state index contributed by atoms with van der Waals surface area (Å²) < 4.78 is 14.9. The first-order valence-electron chi connectivity index (χ1n) is 13.7. The Bertz CT molecular complexity index is 1490. The monoisotopic (exact) mass is 554 g/mol. The second-order valence-electron chi connectivity index (χ2n) is 9.98.